The molecule has 1 heterocycles. The van der Waals surface area contributed by atoms with Crippen molar-refractivity contribution in [2.24, 2.45) is 0 Å². The number of carbonyl (C=O) groups is 1. The molecule has 3 aromatic rings. The van der Waals surface area contributed by atoms with E-state index in [0.717, 1.165) is 22.2 Å². The fourth-order valence-electron chi connectivity index (χ4n) is 3.05. The molecule has 30 heavy (non-hydrogen) atoms. The van der Waals surface area contributed by atoms with Gasteiger partial charge in [-0.2, -0.15) is 13.2 Å². The zero-order valence-electron chi connectivity index (χ0n) is 16.8. The number of nitrogens with zero attached hydrogens (tertiary/aromatic N) is 2. The van der Waals surface area contributed by atoms with Gasteiger partial charge in [0, 0.05) is 35.4 Å². The number of halogens is 3. The maximum absolute atomic E-state index is 13.2. The Balaban J connectivity index is 1.79. The number of benzene rings is 2. The number of nitrogens with one attached hydrogen (secondary N) is 1. The van der Waals surface area contributed by atoms with Gasteiger partial charge < -0.3 is 10.2 Å². The Bertz CT molecular complexity index is 1020. The molecule has 0 aliphatic carbocycles. The number of thiazole rings is 1. The molecule has 0 spiro atoms. The number of amides is 2. The average molecular weight is 433 g/mol. The normalized spacial score (nSPS) is 11.6. The molecule has 0 radical (unpaired) electrons. The van der Waals surface area contributed by atoms with Gasteiger partial charge in [0.1, 0.15) is 5.01 Å². The number of urea groups is 1. The predicted octanol–water partition coefficient (Wildman–Crippen LogP) is 6.58. The van der Waals surface area contributed by atoms with E-state index in [2.05, 4.69) is 10.3 Å². The van der Waals surface area contributed by atoms with E-state index in [1.165, 1.54) is 30.4 Å². The van der Waals surface area contributed by atoms with Gasteiger partial charge >= 0.3 is 12.2 Å². The summed E-state index contributed by atoms with van der Waals surface area (Å²) in [5, 5.41) is 5.38. The molecule has 2 aromatic carbocycles. The van der Waals surface area contributed by atoms with Gasteiger partial charge in [0.2, 0.25) is 0 Å². The summed E-state index contributed by atoms with van der Waals surface area (Å²) in [4.78, 5) is 18.7. The molecule has 0 aliphatic rings. The van der Waals surface area contributed by atoms with Crippen molar-refractivity contribution in [1.29, 1.82) is 0 Å². The van der Waals surface area contributed by atoms with Gasteiger partial charge in [0.05, 0.1) is 5.56 Å². The summed E-state index contributed by atoms with van der Waals surface area (Å²) in [6.07, 6.45) is -2.74. The van der Waals surface area contributed by atoms with Crippen LogP contribution < -0.4 is 5.32 Å². The van der Waals surface area contributed by atoms with E-state index in [1.54, 1.807) is 11.1 Å². The van der Waals surface area contributed by atoms with Crippen LogP contribution in [-0.4, -0.2) is 22.0 Å². The lowest BCUT2D eigenvalue weighted by Crippen LogP contribution is -2.39. The van der Waals surface area contributed by atoms with E-state index in [4.69, 9.17) is 0 Å². The summed E-state index contributed by atoms with van der Waals surface area (Å²) >= 11 is 1.53. The van der Waals surface area contributed by atoms with Crippen LogP contribution in [-0.2, 0) is 12.7 Å². The quantitative estimate of drug-likeness (QED) is 0.494. The minimum Gasteiger partial charge on any atom is -0.318 e. The molecule has 1 N–H and O–H groups in total. The molecule has 4 nitrogen and oxygen atoms in total. The third kappa shape index (κ3) is 5.18. The highest BCUT2D eigenvalue weighted by Crippen LogP contribution is 2.33. The van der Waals surface area contributed by atoms with Gasteiger partial charge in [-0.3, -0.25) is 0 Å². The number of carbonyl (C=O) groups excluding carboxylic acids is 1. The van der Waals surface area contributed by atoms with Gasteiger partial charge in [0.25, 0.3) is 0 Å². The number of hydrogen-bond acceptors (Lipinski definition) is 3. The Morgan fingerprint density at radius 2 is 1.97 bits per heavy atom. The SMILES string of the molecule is Cc1ccc(NC(=O)N(Cc2cccc(-c3nccs3)c2)C(C)C)cc1C(F)(F)F. The highest BCUT2D eigenvalue weighted by Gasteiger charge is 2.32. The Hall–Kier alpha value is -2.87. The molecule has 0 atom stereocenters. The van der Waals surface area contributed by atoms with Gasteiger partial charge in [-0.15, -0.1) is 11.3 Å². The van der Waals surface area contributed by atoms with Crippen molar-refractivity contribution in [3.05, 3.63) is 70.7 Å². The Labute approximate surface area is 177 Å². The summed E-state index contributed by atoms with van der Waals surface area (Å²) in [6, 6.07) is 10.9. The molecule has 0 saturated carbocycles. The molecule has 3 rings (SSSR count). The first-order valence-corrected chi connectivity index (χ1v) is 10.3. The zero-order chi connectivity index (χ0) is 21.9. The molecule has 8 heteroatoms. The van der Waals surface area contributed by atoms with Crippen LogP contribution in [0.25, 0.3) is 10.6 Å². The highest BCUT2D eigenvalue weighted by molar-refractivity contribution is 7.13. The van der Waals surface area contributed by atoms with Crippen molar-refractivity contribution >= 4 is 23.1 Å². The molecule has 158 valence electrons. The summed E-state index contributed by atoms with van der Waals surface area (Å²) in [5.41, 5.74) is 1.33. The number of alkyl halides is 3. The summed E-state index contributed by atoms with van der Waals surface area (Å²) in [6.45, 7) is 5.44. The second-order valence-corrected chi connectivity index (χ2v) is 8.11. The first-order chi connectivity index (χ1) is 14.1. The first-order valence-electron chi connectivity index (χ1n) is 9.39. The van der Waals surface area contributed by atoms with Gasteiger partial charge in [0.15, 0.2) is 0 Å². The minimum absolute atomic E-state index is 0.111. The monoisotopic (exact) mass is 433 g/mol. The van der Waals surface area contributed by atoms with Crippen LogP contribution in [0.15, 0.2) is 54.0 Å². The van der Waals surface area contributed by atoms with Crippen molar-refractivity contribution in [1.82, 2.24) is 9.88 Å². The second-order valence-electron chi connectivity index (χ2n) is 7.22. The first kappa shape index (κ1) is 21.8. The van der Waals surface area contributed by atoms with E-state index in [0.29, 0.717) is 6.54 Å². The Morgan fingerprint density at radius 1 is 1.20 bits per heavy atom. The van der Waals surface area contributed by atoms with Crippen molar-refractivity contribution < 1.29 is 18.0 Å². The van der Waals surface area contributed by atoms with E-state index in [9.17, 15) is 18.0 Å². The van der Waals surface area contributed by atoms with E-state index in [1.807, 2.05) is 43.5 Å². The lowest BCUT2D eigenvalue weighted by Gasteiger charge is -2.27. The van der Waals surface area contributed by atoms with Crippen LogP contribution in [0.5, 0.6) is 0 Å². The zero-order valence-corrected chi connectivity index (χ0v) is 17.6. The van der Waals surface area contributed by atoms with Crippen molar-refractivity contribution in [2.75, 3.05) is 5.32 Å². The van der Waals surface area contributed by atoms with E-state index >= 15 is 0 Å². The highest BCUT2D eigenvalue weighted by atomic mass is 32.1. The van der Waals surface area contributed by atoms with Gasteiger partial charge in [-0.25, -0.2) is 9.78 Å². The Kier molecular flexibility index (Phi) is 6.45. The lowest BCUT2D eigenvalue weighted by atomic mass is 10.1. The fraction of sp³-hybridized carbons (Fsp3) is 0.273. The summed E-state index contributed by atoms with van der Waals surface area (Å²) in [5.74, 6) is 0. The van der Waals surface area contributed by atoms with Crippen LogP contribution in [0.2, 0.25) is 0 Å². The van der Waals surface area contributed by atoms with Crippen molar-refractivity contribution in [2.45, 2.75) is 39.5 Å². The van der Waals surface area contributed by atoms with E-state index in [-0.39, 0.29) is 17.3 Å². The largest absolute Gasteiger partial charge is 0.416 e. The second kappa shape index (κ2) is 8.87. The molecule has 0 fully saturated rings. The van der Waals surface area contributed by atoms with Crippen LogP contribution in [0.1, 0.15) is 30.5 Å². The van der Waals surface area contributed by atoms with Gasteiger partial charge in [-0.05, 0) is 50.1 Å². The maximum Gasteiger partial charge on any atom is 0.416 e. The number of aryl methyl sites for hydroxylation is 1. The smallest absolute Gasteiger partial charge is 0.318 e. The minimum atomic E-state index is -4.47. The summed E-state index contributed by atoms with van der Waals surface area (Å²) < 4.78 is 39.5. The fourth-order valence-corrected chi connectivity index (χ4v) is 3.69. The van der Waals surface area contributed by atoms with Crippen LogP contribution >= 0.6 is 11.3 Å². The Morgan fingerprint density at radius 3 is 2.60 bits per heavy atom. The van der Waals surface area contributed by atoms with Crippen LogP contribution in [0.3, 0.4) is 0 Å². The van der Waals surface area contributed by atoms with E-state index < -0.39 is 17.8 Å². The van der Waals surface area contributed by atoms with Crippen molar-refractivity contribution in [3.8, 4) is 10.6 Å². The molecule has 0 aliphatic heterocycles. The molecule has 0 saturated heterocycles. The number of anilines is 1. The molecular weight excluding hydrogens is 411 g/mol. The lowest BCUT2D eigenvalue weighted by molar-refractivity contribution is -0.138. The number of rotatable bonds is 5. The third-order valence-electron chi connectivity index (χ3n) is 4.64. The summed E-state index contributed by atoms with van der Waals surface area (Å²) in [7, 11) is 0. The average Bonchev–Trinajstić information content (AvgIpc) is 3.21. The van der Waals surface area contributed by atoms with Gasteiger partial charge in [-0.1, -0.05) is 24.3 Å². The molecule has 0 bridgehead atoms. The van der Waals surface area contributed by atoms with Crippen molar-refractivity contribution in [3.63, 3.8) is 0 Å². The predicted molar refractivity (Wildman–Crippen MR) is 113 cm³/mol. The molecular formula is C22H22F3N3OS. The molecule has 0 unspecified atom stereocenters. The molecule has 2 amide bonds. The number of hydrogen-bond donors (Lipinski definition) is 1. The standard InChI is InChI=1S/C22H22F3N3OS/c1-14(2)28(13-16-5-4-6-17(11-16)20-26-9-10-30-20)21(29)27-18-8-7-15(3)19(12-18)22(23,24)25/h4-12,14H,13H2,1-3H3,(H,27,29). The number of aromatic nitrogens is 1. The van der Waals surface area contributed by atoms with Crippen LogP contribution in [0.4, 0.5) is 23.7 Å². The maximum atomic E-state index is 13.2. The molecule has 1 aromatic heterocycles. The third-order valence-corrected chi connectivity index (χ3v) is 5.46. The topological polar surface area (TPSA) is 45.2 Å². The van der Waals surface area contributed by atoms with Crippen LogP contribution in [0, 0.1) is 6.92 Å².